The first-order chi connectivity index (χ1) is 17.6. The van der Waals surface area contributed by atoms with Crippen molar-refractivity contribution in [2.45, 2.75) is 32.9 Å². The van der Waals surface area contributed by atoms with Gasteiger partial charge in [0.1, 0.15) is 16.8 Å². The molecule has 0 spiro atoms. The Bertz CT molecular complexity index is 1580. The van der Waals surface area contributed by atoms with Crippen LogP contribution in [0.2, 0.25) is 10.0 Å². The van der Waals surface area contributed by atoms with Crippen LogP contribution in [0.1, 0.15) is 53.1 Å². The van der Waals surface area contributed by atoms with E-state index in [4.69, 9.17) is 27.9 Å². The highest BCUT2D eigenvalue weighted by Crippen LogP contribution is 2.48. The molecule has 1 atom stereocenters. The molecule has 8 heteroatoms. The Kier molecular flexibility index (Phi) is 6.42. The van der Waals surface area contributed by atoms with Gasteiger partial charge in [0.2, 0.25) is 0 Å². The lowest BCUT2D eigenvalue weighted by Crippen LogP contribution is -2.32. The number of benzene rings is 2. The Morgan fingerprint density at radius 1 is 0.973 bits per heavy atom. The van der Waals surface area contributed by atoms with Crippen molar-refractivity contribution in [3.05, 3.63) is 104 Å². The van der Waals surface area contributed by atoms with Gasteiger partial charge >= 0.3 is 0 Å². The van der Waals surface area contributed by atoms with Crippen LogP contribution in [0, 0.1) is 6.92 Å². The van der Waals surface area contributed by atoms with E-state index in [-0.39, 0.29) is 22.5 Å². The summed E-state index contributed by atoms with van der Waals surface area (Å²) >= 11 is 12.6. The van der Waals surface area contributed by atoms with Crippen LogP contribution in [-0.4, -0.2) is 22.2 Å². The quantitative estimate of drug-likeness (QED) is 0.282. The summed E-state index contributed by atoms with van der Waals surface area (Å²) in [5.41, 5.74) is 5.39. The number of amides is 1. The first-order valence-electron chi connectivity index (χ1n) is 12.0. The molecule has 2 aromatic heterocycles. The van der Waals surface area contributed by atoms with E-state index in [0.29, 0.717) is 16.3 Å². The molecule has 2 aromatic carbocycles. The summed E-state index contributed by atoms with van der Waals surface area (Å²) in [4.78, 5) is 28.2. The van der Waals surface area contributed by atoms with Gasteiger partial charge in [-0.3, -0.25) is 14.5 Å². The summed E-state index contributed by atoms with van der Waals surface area (Å²) in [7, 11) is 3.27. The van der Waals surface area contributed by atoms with E-state index in [1.807, 2.05) is 55.5 Å². The number of para-hydroxylation sites is 1. The minimum atomic E-state index is -0.459. The van der Waals surface area contributed by atoms with Gasteiger partial charge in [0.25, 0.3) is 11.5 Å². The molecule has 1 unspecified atom stereocenters. The number of fused-ring (bicyclic) bond motifs is 1. The predicted octanol–water partition coefficient (Wildman–Crippen LogP) is 6.81. The van der Waals surface area contributed by atoms with Crippen LogP contribution < -0.4 is 15.2 Å². The second-order valence-corrected chi connectivity index (χ2v) is 10.4. The molecule has 37 heavy (non-hydrogen) atoms. The summed E-state index contributed by atoms with van der Waals surface area (Å²) in [5.74, 6) is 0.563. The zero-order valence-corrected chi connectivity index (χ0v) is 22.8. The van der Waals surface area contributed by atoms with E-state index in [2.05, 4.69) is 18.4 Å². The number of hydrogen-bond donors (Lipinski definition) is 0. The number of rotatable bonds is 5. The van der Waals surface area contributed by atoms with Crippen LogP contribution in [0.3, 0.4) is 0 Å². The number of methoxy groups -OCH3 is 1. The lowest BCUT2D eigenvalue weighted by atomic mass is 9.98. The molecule has 0 radical (unpaired) electrons. The lowest BCUT2D eigenvalue weighted by Gasteiger charge is -2.30. The molecular weight excluding hydrogens is 509 g/mol. The van der Waals surface area contributed by atoms with Crippen molar-refractivity contribution in [3.8, 4) is 17.0 Å². The predicted molar refractivity (Wildman–Crippen MR) is 148 cm³/mol. The van der Waals surface area contributed by atoms with Gasteiger partial charge in [-0.25, -0.2) is 0 Å². The highest BCUT2D eigenvalue weighted by Gasteiger charge is 2.44. The fraction of sp³-hybridized carbons (Fsp3) is 0.241. The first-order valence-corrected chi connectivity index (χ1v) is 12.7. The third kappa shape index (κ3) is 4.05. The monoisotopic (exact) mass is 535 g/mol. The number of aromatic nitrogens is 2. The summed E-state index contributed by atoms with van der Waals surface area (Å²) in [6.07, 6.45) is 1.65. The van der Waals surface area contributed by atoms with Gasteiger partial charge < -0.3 is 13.9 Å². The molecule has 1 aliphatic rings. The van der Waals surface area contributed by atoms with Gasteiger partial charge in [-0.15, -0.1) is 0 Å². The van der Waals surface area contributed by atoms with Crippen LogP contribution >= 0.6 is 23.2 Å². The number of carbonyl (C=O) groups is 1. The molecule has 1 amide bonds. The van der Waals surface area contributed by atoms with Crippen LogP contribution in [0.4, 0.5) is 5.69 Å². The molecule has 0 aliphatic carbocycles. The Labute approximate surface area is 225 Å². The van der Waals surface area contributed by atoms with E-state index >= 15 is 0 Å². The van der Waals surface area contributed by atoms with Crippen molar-refractivity contribution < 1.29 is 9.53 Å². The molecule has 5 rings (SSSR count). The molecular formula is C29H27Cl2N3O3. The summed E-state index contributed by atoms with van der Waals surface area (Å²) in [5, 5.41) is 0.675. The third-order valence-electron chi connectivity index (χ3n) is 6.87. The van der Waals surface area contributed by atoms with Gasteiger partial charge in [-0.05, 0) is 68.3 Å². The van der Waals surface area contributed by atoms with Gasteiger partial charge in [-0.1, -0.05) is 41.4 Å². The molecule has 0 saturated carbocycles. The number of nitrogens with zero attached hydrogens (tertiary/aromatic N) is 3. The van der Waals surface area contributed by atoms with Crippen molar-refractivity contribution in [1.82, 2.24) is 9.13 Å². The smallest absolute Gasteiger partial charge is 0.269 e. The van der Waals surface area contributed by atoms with Crippen LogP contribution in [0.5, 0.6) is 5.75 Å². The normalized spacial score (nSPS) is 15.0. The highest BCUT2D eigenvalue weighted by atomic mass is 35.5. The maximum Gasteiger partial charge on any atom is 0.269 e. The summed E-state index contributed by atoms with van der Waals surface area (Å²) < 4.78 is 9.26. The van der Waals surface area contributed by atoms with Gasteiger partial charge in [0.15, 0.2) is 0 Å². The fourth-order valence-electron chi connectivity index (χ4n) is 5.26. The largest absolute Gasteiger partial charge is 0.496 e. The van der Waals surface area contributed by atoms with Crippen molar-refractivity contribution in [2.24, 2.45) is 7.05 Å². The number of hydrogen-bond acceptors (Lipinski definition) is 3. The van der Waals surface area contributed by atoms with E-state index in [9.17, 15) is 9.59 Å². The fourth-order valence-corrected chi connectivity index (χ4v) is 5.74. The minimum Gasteiger partial charge on any atom is -0.496 e. The summed E-state index contributed by atoms with van der Waals surface area (Å²) in [6, 6.07) is 16.6. The SMILES string of the molecule is COc1ccccc1-c1cc2c(n1C(C)C)C(c1ccc(Cl)cc1C)N(c1cc(Cl)c(=O)n(C)c1)C2=O. The Morgan fingerprint density at radius 3 is 2.35 bits per heavy atom. The van der Waals surface area contributed by atoms with E-state index < -0.39 is 6.04 Å². The molecule has 4 aromatic rings. The number of halogens is 2. The van der Waals surface area contributed by atoms with Crippen molar-refractivity contribution >= 4 is 34.8 Å². The van der Waals surface area contributed by atoms with Crippen molar-refractivity contribution in [3.63, 3.8) is 0 Å². The molecule has 6 nitrogen and oxygen atoms in total. The number of ether oxygens (including phenoxy) is 1. The van der Waals surface area contributed by atoms with Crippen molar-refractivity contribution in [2.75, 3.05) is 12.0 Å². The van der Waals surface area contributed by atoms with Crippen molar-refractivity contribution in [1.29, 1.82) is 0 Å². The summed E-state index contributed by atoms with van der Waals surface area (Å²) in [6.45, 7) is 6.18. The van der Waals surface area contributed by atoms with Crippen LogP contribution in [-0.2, 0) is 7.05 Å². The van der Waals surface area contributed by atoms with E-state index in [0.717, 1.165) is 33.8 Å². The molecule has 0 N–H and O–H groups in total. The van der Waals surface area contributed by atoms with Gasteiger partial charge in [0, 0.05) is 29.9 Å². The van der Waals surface area contributed by atoms with E-state index in [1.165, 1.54) is 4.57 Å². The zero-order chi connectivity index (χ0) is 26.6. The standard InChI is InChI=1S/C29H27Cl2N3O3/c1-16(2)33-24(21-8-6-7-9-25(21)37-5)14-22-27(33)26(20-11-10-18(30)12-17(20)3)34(28(22)35)19-13-23(31)29(36)32(4)15-19/h6-16,26H,1-5H3. The average Bonchev–Trinajstić information content (AvgIpc) is 3.37. The zero-order valence-electron chi connectivity index (χ0n) is 21.3. The average molecular weight is 536 g/mol. The highest BCUT2D eigenvalue weighted by molar-refractivity contribution is 6.31. The number of aryl methyl sites for hydroxylation is 2. The lowest BCUT2D eigenvalue weighted by molar-refractivity contribution is 0.0993. The topological polar surface area (TPSA) is 56.5 Å². The molecule has 1 aliphatic heterocycles. The van der Waals surface area contributed by atoms with E-state index in [1.54, 1.807) is 31.3 Å². The van der Waals surface area contributed by atoms with Gasteiger partial charge in [-0.2, -0.15) is 0 Å². The molecule has 190 valence electrons. The first kappa shape index (κ1) is 25.2. The molecule has 0 fully saturated rings. The Morgan fingerprint density at radius 2 is 1.70 bits per heavy atom. The van der Waals surface area contributed by atoms with Gasteiger partial charge in [0.05, 0.1) is 29.7 Å². The Balaban J connectivity index is 1.83. The molecule has 0 saturated heterocycles. The second kappa shape index (κ2) is 9.43. The maximum absolute atomic E-state index is 14.2. The number of pyridine rings is 1. The number of anilines is 1. The maximum atomic E-state index is 14.2. The van der Waals surface area contributed by atoms with Crippen LogP contribution in [0.25, 0.3) is 11.3 Å². The molecule has 3 heterocycles. The third-order valence-corrected chi connectivity index (χ3v) is 7.38. The Hall–Kier alpha value is -3.48. The molecule has 0 bridgehead atoms. The second-order valence-electron chi connectivity index (χ2n) is 9.53. The minimum absolute atomic E-state index is 0.0373. The van der Waals surface area contributed by atoms with Crippen LogP contribution in [0.15, 0.2) is 65.6 Å². The number of carbonyl (C=O) groups excluding carboxylic acids is 1.